The largest absolute Gasteiger partial charge is 0.383 e. The Labute approximate surface area is 104 Å². The van der Waals surface area contributed by atoms with Gasteiger partial charge in [-0.15, -0.1) is 0 Å². The summed E-state index contributed by atoms with van der Waals surface area (Å²) in [5.74, 6) is -0.0494. The topological polar surface area (TPSA) is 64.8 Å². The van der Waals surface area contributed by atoms with Crippen LogP contribution >= 0.6 is 0 Å². The average molecular weight is 246 g/mol. The van der Waals surface area contributed by atoms with Crippen LogP contribution < -0.4 is 5.73 Å². The van der Waals surface area contributed by atoms with Crippen molar-refractivity contribution in [2.24, 2.45) is 11.1 Å². The maximum Gasteiger partial charge on any atom is 0.240 e. The lowest BCUT2D eigenvalue weighted by molar-refractivity contribution is -0.136. The van der Waals surface area contributed by atoms with E-state index in [0.717, 1.165) is 0 Å². The Morgan fingerprint density at radius 2 is 1.59 bits per heavy atom. The third-order valence-corrected chi connectivity index (χ3v) is 2.64. The second-order valence-corrected chi connectivity index (χ2v) is 5.15. The van der Waals surface area contributed by atoms with Gasteiger partial charge in [-0.2, -0.15) is 0 Å². The molecule has 0 spiro atoms. The molecule has 17 heavy (non-hydrogen) atoms. The number of nitrogens with zero attached hydrogens (tertiary/aromatic N) is 1. The first-order valence-corrected chi connectivity index (χ1v) is 5.86. The van der Waals surface area contributed by atoms with Crippen LogP contribution in [0.15, 0.2) is 0 Å². The van der Waals surface area contributed by atoms with Crippen LogP contribution in [-0.4, -0.2) is 57.4 Å². The van der Waals surface area contributed by atoms with Gasteiger partial charge in [0, 0.05) is 27.3 Å². The molecule has 0 saturated heterocycles. The second-order valence-electron chi connectivity index (χ2n) is 5.15. The smallest absolute Gasteiger partial charge is 0.240 e. The molecular weight excluding hydrogens is 220 g/mol. The standard InChI is InChI=1S/C12H26N2O3/c1-12(2,3)10(13)11(15)14(6-8-16-4)7-9-17-5/h10H,6-9,13H2,1-5H3/t10-/m0/s1. The van der Waals surface area contributed by atoms with Gasteiger partial charge in [0.1, 0.15) is 0 Å². The lowest BCUT2D eigenvalue weighted by Gasteiger charge is -2.31. The molecule has 0 aromatic carbocycles. The summed E-state index contributed by atoms with van der Waals surface area (Å²) in [7, 11) is 3.23. The number of amides is 1. The van der Waals surface area contributed by atoms with E-state index in [1.54, 1.807) is 19.1 Å². The first-order valence-electron chi connectivity index (χ1n) is 5.86. The molecule has 0 aromatic rings. The third-order valence-electron chi connectivity index (χ3n) is 2.64. The Bertz CT molecular complexity index is 218. The van der Waals surface area contributed by atoms with E-state index >= 15 is 0 Å². The minimum absolute atomic E-state index is 0.0494. The Morgan fingerprint density at radius 1 is 1.18 bits per heavy atom. The van der Waals surface area contributed by atoms with Gasteiger partial charge in [-0.3, -0.25) is 4.79 Å². The first kappa shape index (κ1) is 16.4. The molecule has 0 saturated carbocycles. The maximum atomic E-state index is 12.2. The van der Waals surface area contributed by atoms with Gasteiger partial charge in [0.15, 0.2) is 0 Å². The highest BCUT2D eigenvalue weighted by Crippen LogP contribution is 2.19. The van der Waals surface area contributed by atoms with Crippen LogP contribution in [0.2, 0.25) is 0 Å². The van der Waals surface area contributed by atoms with Crippen molar-refractivity contribution in [2.45, 2.75) is 26.8 Å². The van der Waals surface area contributed by atoms with Crippen molar-refractivity contribution in [3.8, 4) is 0 Å². The summed E-state index contributed by atoms with van der Waals surface area (Å²) in [4.78, 5) is 13.9. The Hall–Kier alpha value is -0.650. The van der Waals surface area contributed by atoms with Crippen molar-refractivity contribution in [3.05, 3.63) is 0 Å². The summed E-state index contributed by atoms with van der Waals surface area (Å²) >= 11 is 0. The fourth-order valence-electron chi connectivity index (χ4n) is 1.30. The van der Waals surface area contributed by atoms with Crippen molar-refractivity contribution in [1.82, 2.24) is 4.90 Å². The van der Waals surface area contributed by atoms with Crippen LogP contribution in [0.25, 0.3) is 0 Å². The molecule has 0 aliphatic carbocycles. The van der Waals surface area contributed by atoms with E-state index in [2.05, 4.69) is 0 Å². The predicted molar refractivity (Wildman–Crippen MR) is 67.8 cm³/mol. The van der Waals surface area contributed by atoms with Gasteiger partial charge in [0.05, 0.1) is 19.3 Å². The highest BCUT2D eigenvalue weighted by Gasteiger charge is 2.30. The normalized spacial score (nSPS) is 13.5. The van der Waals surface area contributed by atoms with Gasteiger partial charge in [0.2, 0.25) is 5.91 Å². The van der Waals surface area contributed by atoms with Crippen LogP contribution in [0.4, 0.5) is 0 Å². The molecule has 102 valence electrons. The molecule has 0 heterocycles. The molecule has 0 fully saturated rings. The average Bonchev–Trinajstić information content (AvgIpc) is 2.26. The van der Waals surface area contributed by atoms with Crippen LogP contribution in [-0.2, 0) is 14.3 Å². The zero-order valence-corrected chi connectivity index (χ0v) is 11.7. The molecule has 0 aromatic heterocycles. The zero-order chi connectivity index (χ0) is 13.5. The number of methoxy groups -OCH3 is 2. The molecule has 5 heteroatoms. The number of ether oxygens (including phenoxy) is 2. The van der Waals surface area contributed by atoms with Crippen molar-refractivity contribution < 1.29 is 14.3 Å². The number of nitrogens with two attached hydrogens (primary N) is 1. The van der Waals surface area contributed by atoms with Gasteiger partial charge in [0.25, 0.3) is 0 Å². The fourth-order valence-corrected chi connectivity index (χ4v) is 1.30. The van der Waals surface area contributed by atoms with Gasteiger partial charge < -0.3 is 20.1 Å². The van der Waals surface area contributed by atoms with E-state index in [1.165, 1.54) is 0 Å². The van der Waals surface area contributed by atoms with Gasteiger partial charge in [-0.25, -0.2) is 0 Å². The maximum absolute atomic E-state index is 12.2. The van der Waals surface area contributed by atoms with E-state index in [4.69, 9.17) is 15.2 Å². The summed E-state index contributed by atoms with van der Waals surface area (Å²) in [5.41, 5.74) is 5.73. The summed E-state index contributed by atoms with van der Waals surface area (Å²) < 4.78 is 9.98. The Morgan fingerprint density at radius 3 is 1.88 bits per heavy atom. The van der Waals surface area contributed by atoms with Crippen molar-refractivity contribution in [1.29, 1.82) is 0 Å². The van der Waals surface area contributed by atoms with Gasteiger partial charge in [-0.05, 0) is 5.41 Å². The molecule has 5 nitrogen and oxygen atoms in total. The molecule has 0 unspecified atom stereocenters. The SMILES string of the molecule is COCCN(CCOC)C(=O)[C@H](N)C(C)(C)C. The fraction of sp³-hybridized carbons (Fsp3) is 0.917. The minimum atomic E-state index is -0.504. The summed E-state index contributed by atoms with van der Waals surface area (Å²) in [5, 5.41) is 0. The number of hydrogen-bond donors (Lipinski definition) is 1. The van der Waals surface area contributed by atoms with Crippen molar-refractivity contribution in [2.75, 3.05) is 40.5 Å². The van der Waals surface area contributed by atoms with Crippen LogP contribution in [0.3, 0.4) is 0 Å². The molecular formula is C12H26N2O3. The van der Waals surface area contributed by atoms with Gasteiger partial charge >= 0.3 is 0 Å². The van der Waals surface area contributed by atoms with Crippen LogP contribution in [0.5, 0.6) is 0 Å². The van der Waals surface area contributed by atoms with Crippen LogP contribution in [0, 0.1) is 5.41 Å². The van der Waals surface area contributed by atoms with Crippen LogP contribution in [0.1, 0.15) is 20.8 Å². The molecule has 0 bridgehead atoms. The van der Waals surface area contributed by atoms with E-state index < -0.39 is 6.04 Å². The molecule has 0 rings (SSSR count). The Balaban J connectivity index is 4.50. The first-order chi connectivity index (χ1) is 7.84. The third kappa shape index (κ3) is 6.00. The van der Waals surface area contributed by atoms with Gasteiger partial charge in [-0.1, -0.05) is 20.8 Å². The van der Waals surface area contributed by atoms with E-state index in [1.807, 2.05) is 20.8 Å². The summed E-state index contributed by atoms with van der Waals surface area (Å²) in [6, 6.07) is -0.504. The zero-order valence-electron chi connectivity index (χ0n) is 11.7. The molecule has 0 aliphatic heterocycles. The molecule has 0 aliphatic rings. The van der Waals surface area contributed by atoms with Crippen molar-refractivity contribution >= 4 is 5.91 Å². The van der Waals surface area contributed by atoms with E-state index in [9.17, 15) is 4.79 Å². The number of carbonyl (C=O) groups excluding carboxylic acids is 1. The highest BCUT2D eigenvalue weighted by molar-refractivity contribution is 5.82. The molecule has 1 atom stereocenters. The Kier molecular flexibility index (Phi) is 7.34. The number of hydrogen-bond acceptors (Lipinski definition) is 4. The number of rotatable bonds is 7. The summed E-state index contributed by atoms with van der Waals surface area (Å²) in [6.45, 7) is 7.98. The monoisotopic (exact) mass is 246 g/mol. The van der Waals surface area contributed by atoms with E-state index in [0.29, 0.717) is 26.3 Å². The lowest BCUT2D eigenvalue weighted by Crippen LogP contribution is -2.51. The molecule has 0 radical (unpaired) electrons. The molecule has 1 amide bonds. The van der Waals surface area contributed by atoms with Crippen molar-refractivity contribution in [3.63, 3.8) is 0 Å². The highest BCUT2D eigenvalue weighted by atomic mass is 16.5. The predicted octanol–water partition coefficient (Wildman–Crippen LogP) is 0.481. The quantitative estimate of drug-likeness (QED) is 0.709. The van der Waals surface area contributed by atoms with E-state index in [-0.39, 0.29) is 11.3 Å². The number of carbonyl (C=O) groups is 1. The molecule has 2 N–H and O–H groups in total. The summed E-state index contributed by atoms with van der Waals surface area (Å²) in [6.07, 6.45) is 0. The second kappa shape index (κ2) is 7.63. The lowest BCUT2D eigenvalue weighted by atomic mass is 9.86. The minimum Gasteiger partial charge on any atom is -0.383 e.